The molecule has 0 aliphatic rings. The number of non-ortho nitro benzene ring substituents is 1. The number of carbonyl (C=O) groups is 1. The Balaban J connectivity index is 1.61. The molecule has 0 bridgehead atoms. The molecule has 10 nitrogen and oxygen atoms in total. The quantitative estimate of drug-likeness (QED) is 0.227. The number of methoxy groups -OCH3 is 1. The number of thioether (sulfide) groups is 1. The lowest BCUT2D eigenvalue weighted by atomic mass is 10.1. The fourth-order valence-electron chi connectivity index (χ4n) is 2.83. The number of nitro benzene ring substituents is 1. The highest BCUT2D eigenvalue weighted by molar-refractivity contribution is 7.99. The van der Waals surface area contributed by atoms with Gasteiger partial charge in [0.2, 0.25) is 0 Å². The minimum atomic E-state index is -0.468. The Morgan fingerprint density at radius 2 is 1.88 bits per heavy atom. The van der Waals surface area contributed by atoms with Gasteiger partial charge in [-0.3, -0.25) is 14.9 Å². The third-order valence-electron chi connectivity index (χ3n) is 4.56. The molecular weight excluding hydrogens is 432 g/mol. The summed E-state index contributed by atoms with van der Waals surface area (Å²) in [5, 5.41) is 23.9. The smallest absolute Gasteiger partial charge is 0.269 e. The predicted octanol–water partition coefficient (Wildman–Crippen LogP) is 3.51. The average Bonchev–Trinajstić information content (AvgIpc) is 3.24. The van der Waals surface area contributed by atoms with Crippen molar-refractivity contribution in [2.75, 3.05) is 12.9 Å². The van der Waals surface area contributed by atoms with E-state index in [0.717, 1.165) is 11.3 Å². The van der Waals surface area contributed by atoms with E-state index in [2.05, 4.69) is 20.7 Å². The fraction of sp³-hybridized carbons (Fsp3) is 0.238. The van der Waals surface area contributed by atoms with Crippen molar-refractivity contribution in [1.29, 1.82) is 0 Å². The summed E-state index contributed by atoms with van der Waals surface area (Å²) in [7, 11) is 1.61. The Hall–Kier alpha value is -3.73. The largest absolute Gasteiger partial charge is 0.497 e. The Kier molecular flexibility index (Phi) is 7.55. The first-order valence-electron chi connectivity index (χ1n) is 9.71. The Bertz CT molecular complexity index is 1130. The van der Waals surface area contributed by atoms with Gasteiger partial charge in [0, 0.05) is 24.2 Å². The molecule has 3 aromatic rings. The van der Waals surface area contributed by atoms with Gasteiger partial charge in [-0.25, -0.2) is 5.43 Å². The number of nitrogens with zero attached hydrogens (tertiary/aromatic N) is 5. The van der Waals surface area contributed by atoms with Crippen LogP contribution in [-0.2, 0) is 11.3 Å². The van der Waals surface area contributed by atoms with Crippen LogP contribution in [0.5, 0.6) is 5.75 Å². The zero-order valence-electron chi connectivity index (χ0n) is 17.8. The van der Waals surface area contributed by atoms with Crippen molar-refractivity contribution < 1.29 is 14.5 Å². The average molecular weight is 455 g/mol. The molecule has 1 aromatic heterocycles. The number of aromatic nitrogens is 3. The zero-order chi connectivity index (χ0) is 23.1. The standard InChI is InChI=1S/C21H22N6O4S/c1-4-26-20(16-7-11-18(31-3)12-8-16)24-25-21(26)32-13-19(28)23-22-14(2)15-5-9-17(10-6-15)27(29)30/h5-12H,4,13H2,1-3H3,(H,23,28). The number of hydrogen-bond acceptors (Lipinski definition) is 8. The summed E-state index contributed by atoms with van der Waals surface area (Å²) in [4.78, 5) is 22.5. The summed E-state index contributed by atoms with van der Waals surface area (Å²) >= 11 is 1.26. The van der Waals surface area contributed by atoms with E-state index in [1.807, 2.05) is 35.8 Å². The summed E-state index contributed by atoms with van der Waals surface area (Å²) in [5.74, 6) is 1.28. The van der Waals surface area contributed by atoms with Crippen LogP contribution in [0, 0.1) is 10.1 Å². The third-order valence-corrected chi connectivity index (χ3v) is 5.52. The topological polar surface area (TPSA) is 125 Å². The highest BCUT2D eigenvalue weighted by Gasteiger charge is 2.15. The van der Waals surface area contributed by atoms with E-state index in [-0.39, 0.29) is 17.3 Å². The number of ether oxygens (including phenoxy) is 1. The van der Waals surface area contributed by atoms with E-state index in [1.54, 1.807) is 26.2 Å². The molecule has 0 saturated heterocycles. The molecule has 0 unspecified atom stereocenters. The van der Waals surface area contributed by atoms with E-state index in [4.69, 9.17) is 4.74 Å². The Morgan fingerprint density at radius 3 is 2.47 bits per heavy atom. The molecule has 0 aliphatic heterocycles. The maximum atomic E-state index is 12.2. The van der Waals surface area contributed by atoms with Crippen LogP contribution in [-0.4, -0.2) is 44.2 Å². The van der Waals surface area contributed by atoms with Crippen molar-refractivity contribution in [3.8, 4) is 17.1 Å². The molecule has 3 rings (SSSR count). The van der Waals surface area contributed by atoms with Crippen molar-refractivity contribution in [3.05, 3.63) is 64.2 Å². The van der Waals surface area contributed by atoms with Crippen molar-refractivity contribution in [2.45, 2.75) is 25.5 Å². The number of rotatable bonds is 9. The molecule has 32 heavy (non-hydrogen) atoms. The van der Waals surface area contributed by atoms with Crippen LogP contribution >= 0.6 is 11.8 Å². The van der Waals surface area contributed by atoms with Crippen LogP contribution in [0.2, 0.25) is 0 Å². The fourth-order valence-corrected chi connectivity index (χ4v) is 3.63. The van der Waals surface area contributed by atoms with Gasteiger partial charge in [-0.15, -0.1) is 10.2 Å². The second-order valence-electron chi connectivity index (χ2n) is 6.60. The molecule has 0 aliphatic carbocycles. The van der Waals surface area contributed by atoms with Crippen LogP contribution in [0.1, 0.15) is 19.4 Å². The van der Waals surface area contributed by atoms with Gasteiger partial charge in [-0.2, -0.15) is 5.10 Å². The lowest BCUT2D eigenvalue weighted by Crippen LogP contribution is -2.21. The van der Waals surface area contributed by atoms with Gasteiger partial charge in [-0.05, 0) is 55.8 Å². The number of carbonyl (C=O) groups excluding carboxylic acids is 1. The van der Waals surface area contributed by atoms with Crippen LogP contribution in [0.3, 0.4) is 0 Å². The van der Waals surface area contributed by atoms with Crippen LogP contribution in [0.25, 0.3) is 11.4 Å². The maximum absolute atomic E-state index is 12.2. The monoisotopic (exact) mass is 454 g/mol. The van der Waals surface area contributed by atoms with Crippen LogP contribution in [0.15, 0.2) is 58.8 Å². The zero-order valence-corrected chi connectivity index (χ0v) is 18.6. The third kappa shape index (κ3) is 5.49. The summed E-state index contributed by atoms with van der Waals surface area (Å²) in [6.07, 6.45) is 0. The minimum absolute atomic E-state index is 0.00368. The molecule has 0 fully saturated rings. The van der Waals surface area contributed by atoms with Crippen molar-refractivity contribution >= 4 is 29.1 Å². The molecule has 0 atom stereocenters. The number of hydrazone groups is 1. The van der Waals surface area contributed by atoms with Gasteiger partial charge in [0.1, 0.15) is 5.75 Å². The molecular formula is C21H22N6O4S. The van der Waals surface area contributed by atoms with Gasteiger partial charge < -0.3 is 9.30 Å². The molecule has 0 spiro atoms. The lowest BCUT2D eigenvalue weighted by Gasteiger charge is -2.08. The summed E-state index contributed by atoms with van der Waals surface area (Å²) in [6.45, 7) is 4.34. The van der Waals surface area contributed by atoms with Gasteiger partial charge in [0.15, 0.2) is 11.0 Å². The molecule has 1 heterocycles. The van der Waals surface area contributed by atoms with E-state index in [1.165, 1.54) is 23.9 Å². The van der Waals surface area contributed by atoms with Gasteiger partial charge >= 0.3 is 0 Å². The second-order valence-corrected chi connectivity index (χ2v) is 7.55. The van der Waals surface area contributed by atoms with Crippen LogP contribution < -0.4 is 10.2 Å². The van der Waals surface area contributed by atoms with Crippen LogP contribution in [0.4, 0.5) is 5.69 Å². The van der Waals surface area contributed by atoms with Gasteiger partial charge in [0.25, 0.3) is 11.6 Å². The number of hydrogen-bond donors (Lipinski definition) is 1. The normalized spacial score (nSPS) is 11.3. The summed E-state index contributed by atoms with van der Waals surface area (Å²) < 4.78 is 7.12. The number of amides is 1. The number of benzene rings is 2. The first-order valence-corrected chi connectivity index (χ1v) is 10.7. The molecule has 0 saturated carbocycles. The Labute approximate surface area is 188 Å². The van der Waals surface area contributed by atoms with E-state index in [9.17, 15) is 14.9 Å². The SMILES string of the molecule is CCn1c(SCC(=O)NN=C(C)c2ccc([N+](=O)[O-])cc2)nnc1-c1ccc(OC)cc1. The molecule has 2 aromatic carbocycles. The van der Waals surface area contributed by atoms with E-state index < -0.39 is 4.92 Å². The van der Waals surface area contributed by atoms with E-state index >= 15 is 0 Å². The molecule has 11 heteroatoms. The molecule has 1 N–H and O–H groups in total. The second kappa shape index (κ2) is 10.5. The number of nitro groups is 1. The highest BCUT2D eigenvalue weighted by Crippen LogP contribution is 2.25. The highest BCUT2D eigenvalue weighted by atomic mass is 32.2. The van der Waals surface area contributed by atoms with Crippen molar-refractivity contribution in [3.63, 3.8) is 0 Å². The van der Waals surface area contributed by atoms with E-state index in [0.29, 0.717) is 28.8 Å². The first kappa shape index (κ1) is 22.9. The first-order chi connectivity index (χ1) is 15.4. The summed E-state index contributed by atoms with van der Waals surface area (Å²) in [5.41, 5.74) is 4.62. The maximum Gasteiger partial charge on any atom is 0.269 e. The minimum Gasteiger partial charge on any atom is -0.497 e. The predicted molar refractivity (Wildman–Crippen MR) is 122 cm³/mol. The lowest BCUT2D eigenvalue weighted by molar-refractivity contribution is -0.384. The van der Waals surface area contributed by atoms with Gasteiger partial charge in [-0.1, -0.05) is 11.8 Å². The summed E-state index contributed by atoms with van der Waals surface area (Å²) in [6, 6.07) is 13.5. The van der Waals surface area contributed by atoms with Crippen molar-refractivity contribution in [1.82, 2.24) is 20.2 Å². The number of nitrogens with one attached hydrogen (secondary N) is 1. The Morgan fingerprint density at radius 1 is 1.19 bits per heavy atom. The van der Waals surface area contributed by atoms with Crippen molar-refractivity contribution in [2.24, 2.45) is 5.10 Å². The molecule has 0 radical (unpaired) electrons. The molecule has 1 amide bonds. The van der Waals surface area contributed by atoms with Gasteiger partial charge in [0.05, 0.1) is 23.5 Å². The molecule has 166 valence electrons.